The van der Waals surface area contributed by atoms with Gasteiger partial charge in [0.2, 0.25) is 0 Å². The highest BCUT2D eigenvalue weighted by molar-refractivity contribution is 7.20. The summed E-state index contributed by atoms with van der Waals surface area (Å²) in [6.45, 7) is 0. The van der Waals surface area contributed by atoms with E-state index in [1.54, 1.807) is 0 Å². The molecule has 2 aromatic carbocycles. The molecule has 4 rings (SSSR count). The van der Waals surface area contributed by atoms with Gasteiger partial charge in [0.1, 0.15) is 18.2 Å². The van der Waals surface area contributed by atoms with Crippen LogP contribution in [0.4, 0.5) is 11.5 Å². The number of nitrogens with one attached hydrogen (secondary N) is 1. The Hall–Kier alpha value is -2.75. The lowest BCUT2D eigenvalue weighted by Gasteiger charge is -2.09. The summed E-state index contributed by atoms with van der Waals surface area (Å²) in [7, 11) is 0. The Morgan fingerprint density at radius 3 is 2.83 bits per heavy atom. The van der Waals surface area contributed by atoms with Gasteiger partial charge in [-0.3, -0.25) is 0 Å². The summed E-state index contributed by atoms with van der Waals surface area (Å²) in [5, 5.41) is 14.3. The maximum absolute atomic E-state index is 9.08. The molecule has 110 valence electrons. The van der Waals surface area contributed by atoms with Gasteiger partial charge in [-0.1, -0.05) is 17.7 Å². The number of halogens is 1. The van der Waals surface area contributed by atoms with Crippen molar-refractivity contribution >= 4 is 55.6 Å². The van der Waals surface area contributed by atoms with Gasteiger partial charge in [0.25, 0.3) is 0 Å². The average molecular weight is 338 g/mol. The largest absolute Gasteiger partial charge is 0.340 e. The number of aromatic nitrogens is 3. The predicted octanol–water partition coefficient (Wildman–Crippen LogP) is 4.51. The van der Waals surface area contributed by atoms with E-state index in [0.717, 1.165) is 26.8 Å². The highest BCUT2D eigenvalue weighted by Crippen LogP contribution is 2.34. The number of benzene rings is 2. The summed E-state index contributed by atoms with van der Waals surface area (Å²) in [6.07, 6.45) is 1.51. The van der Waals surface area contributed by atoms with E-state index >= 15 is 0 Å². The standard InChI is InChI=1S/C16H8ClN5S/c17-9-2-1-3-10(6-9)21-16-14-11(19-8-20-16)4-5-12-15(14)23-13(7-18)22-12/h1-6,8H,(H,19,20,21). The van der Waals surface area contributed by atoms with Crippen LogP contribution in [0.1, 0.15) is 5.01 Å². The van der Waals surface area contributed by atoms with Crippen molar-refractivity contribution in [2.24, 2.45) is 0 Å². The molecule has 0 amide bonds. The Bertz CT molecular complexity index is 1080. The molecule has 23 heavy (non-hydrogen) atoms. The van der Waals surface area contributed by atoms with Gasteiger partial charge in [-0.2, -0.15) is 5.26 Å². The number of fused-ring (bicyclic) bond motifs is 3. The van der Waals surface area contributed by atoms with Crippen LogP contribution in [0.5, 0.6) is 0 Å². The Morgan fingerprint density at radius 2 is 2.00 bits per heavy atom. The molecule has 0 fully saturated rings. The highest BCUT2D eigenvalue weighted by Gasteiger charge is 2.12. The second kappa shape index (κ2) is 5.47. The fourth-order valence-corrected chi connectivity index (χ4v) is 3.47. The molecule has 0 saturated heterocycles. The maximum atomic E-state index is 9.08. The van der Waals surface area contributed by atoms with E-state index in [1.165, 1.54) is 17.7 Å². The molecule has 0 saturated carbocycles. The van der Waals surface area contributed by atoms with Gasteiger partial charge in [0, 0.05) is 10.7 Å². The van der Waals surface area contributed by atoms with Crippen LogP contribution < -0.4 is 5.32 Å². The van der Waals surface area contributed by atoms with Gasteiger partial charge in [-0.15, -0.1) is 11.3 Å². The fraction of sp³-hybridized carbons (Fsp3) is 0. The third-order valence-corrected chi connectivity index (χ3v) is 4.57. The Morgan fingerprint density at radius 1 is 1.13 bits per heavy atom. The van der Waals surface area contributed by atoms with Crippen LogP contribution in [0.2, 0.25) is 5.02 Å². The molecule has 0 unspecified atom stereocenters. The zero-order valence-electron chi connectivity index (χ0n) is 11.6. The molecule has 1 N–H and O–H groups in total. The van der Waals surface area contributed by atoms with Crippen LogP contribution in [-0.2, 0) is 0 Å². The fourth-order valence-electron chi connectivity index (χ4n) is 2.38. The monoisotopic (exact) mass is 337 g/mol. The van der Waals surface area contributed by atoms with E-state index in [9.17, 15) is 0 Å². The molecule has 0 radical (unpaired) electrons. The molecule has 4 aromatic rings. The van der Waals surface area contributed by atoms with E-state index in [4.69, 9.17) is 16.9 Å². The summed E-state index contributed by atoms with van der Waals surface area (Å²) in [6, 6.07) is 13.2. The smallest absolute Gasteiger partial charge is 0.195 e. The van der Waals surface area contributed by atoms with Gasteiger partial charge in [0.15, 0.2) is 5.01 Å². The Labute approximate surface area is 140 Å². The summed E-state index contributed by atoms with van der Waals surface area (Å²) >= 11 is 7.37. The van der Waals surface area contributed by atoms with Crippen LogP contribution in [-0.4, -0.2) is 15.0 Å². The number of hydrogen-bond donors (Lipinski definition) is 1. The van der Waals surface area contributed by atoms with E-state index < -0.39 is 0 Å². The Balaban J connectivity index is 1.95. The summed E-state index contributed by atoms with van der Waals surface area (Å²) in [5.41, 5.74) is 2.40. The highest BCUT2D eigenvalue weighted by atomic mass is 35.5. The van der Waals surface area contributed by atoms with Crippen LogP contribution in [0.3, 0.4) is 0 Å². The van der Waals surface area contributed by atoms with Crippen molar-refractivity contribution < 1.29 is 0 Å². The predicted molar refractivity (Wildman–Crippen MR) is 92.2 cm³/mol. The van der Waals surface area contributed by atoms with E-state index in [2.05, 4.69) is 26.3 Å². The first-order chi connectivity index (χ1) is 11.2. The Kier molecular flexibility index (Phi) is 3.30. The first kappa shape index (κ1) is 13.9. The molecule has 5 nitrogen and oxygen atoms in total. The van der Waals surface area contributed by atoms with Crippen molar-refractivity contribution in [3.05, 3.63) is 52.8 Å². The molecule has 0 aliphatic heterocycles. The SMILES string of the molecule is N#Cc1nc2ccc3ncnc(Nc4cccc(Cl)c4)c3c2s1. The van der Waals surface area contributed by atoms with Crippen molar-refractivity contribution in [1.29, 1.82) is 5.26 Å². The number of anilines is 2. The third kappa shape index (κ3) is 2.46. The summed E-state index contributed by atoms with van der Waals surface area (Å²) < 4.78 is 0.893. The van der Waals surface area contributed by atoms with Gasteiger partial charge in [-0.05, 0) is 30.3 Å². The third-order valence-electron chi connectivity index (χ3n) is 3.34. The van der Waals surface area contributed by atoms with Crippen molar-refractivity contribution in [1.82, 2.24) is 15.0 Å². The molecule has 2 aromatic heterocycles. The zero-order valence-corrected chi connectivity index (χ0v) is 13.2. The van der Waals surface area contributed by atoms with E-state index in [1.807, 2.05) is 36.4 Å². The number of nitriles is 1. The molecular formula is C16H8ClN5S. The normalized spacial score (nSPS) is 10.8. The van der Waals surface area contributed by atoms with Crippen LogP contribution in [0.15, 0.2) is 42.7 Å². The molecule has 0 bridgehead atoms. The number of hydrogen-bond acceptors (Lipinski definition) is 6. The van der Waals surface area contributed by atoms with Crippen molar-refractivity contribution in [3.8, 4) is 6.07 Å². The van der Waals surface area contributed by atoms with Gasteiger partial charge < -0.3 is 5.32 Å². The molecule has 0 aliphatic rings. The van der Waals surface area contributed by atoms with Crippen molar-refractivity contribution in [2.75, 3.05) is 5.32 Å². The molecule has 0 aliphatic carbocycles. The van der Waals surface area contributed by atoms with Gasteiger partial charge >= 0.3 is 0 Å². The second-order valence-corrected chi connectivity index (χ2v) is 6.23. The second-order valence-electron chi connectivity index (χ2n) is 4.80. The van der Waals surface area contributed by atoms with Crippen molar-refractivity contribution in [3.63, 3.8) is 0 Å². The minimum Gasteiger partial charge on any atom is -0.340 e. The zero-order chi connectivity index (χ0) is 15.8. The summed E-state index contributed by atoms with van der Waals surface area (Å²) in [5.74, 6) is 0.663. The quantitative estimate of drug-likeness (QED) is 0.582. The molecule has 0 atom stereocenters. The minimum absolute atomic E-state index is 0.421. The lowest BCUT2D eigenvalue weighted by atomic mass is 10.2. The number of rotatable bonds is 2. The first-order valence-corrected chi connectivity index (χ1v) is 7.91. The molecule has 7 heteroatoms. The number of nitrogens with zero attached hydrogens (tertiary/aromatic N) is 4. The molecule has 2 heterocycles. The van der Waals surface area contributed by atoms with Gasteiger partial charge in [-0.25, -0.2) is 15.0 Å². The van der Waals surface area contributed by atoms with Crippen LogP contribution in [0.25, 0.3) is 21.1 Å². The maximum Gasteiger partial charge on any atom is 0.195 e. The summed E-state index contributed by atoms with van der Waals surface area (Å²) in [4.78, 5) is 12.9. The van der Waals surface area contributed by atoms with E-state index in [0.29, 0.717) is 15.8 Å². The minimum atomic E-state index is 0.421. The lowest BCUT2D eigenvalue weighted by Crippen LogP contribution is -1.96. The van der Waals surface area contributed by atoms with Crippen LogP contribution in [0, 0.1) is 11.3 Å². The first-order valence-electron chi connectivity index (χ1n) is 6.71. The van der Waals surface area contributed by atoms with Gasteiger partial charge in [0.05, 0.1) is 21.1 Å². The lowest BCUT2D eigenvalue weighted by molar-refractivity contribution is 1.22. The molecule has 0 spiro atoms. The van der Waals surface area contributed by atoms with E-state index in [-0.39, 0.29) is 0 Å². The van der Waals surface area contributed by atoms with Crippen LogP contribution >= 0.6 is 22.9 Å². The topological polar surface area (TPSA) is 74.5 Å². The number of thiazole rings is 1. The van der Waals surface area contributed by atoms with Crippen molar-refractivity contribution in [2.45, 2.75) is 0 Å². The average Bonchev–Trinajstić information content (AvgIpc) is 2.98. The molecular weight excluding hydrogens is 330 g/mol.